The standard InChI is InChI=1S/C16H23NO3/c1-12-4-3-5-15(13(12)2)20-11-16(18)17-8-6-14-7-9-19-10-14/h3-5,14H,6-11H2,1-2H3,(H,17,18)/t14-/m1/s1. The molecule has 1 heterocycles. The minimum atomic E-state index is -0.0650. The second kappa shape index (κ2) is 7.29. The van der Waals surface area contributed by atoms with Gasteiger partial charge in [-0.2, -0.15) is 0 Å². The van der Waals surface area contributed by atoms with Crippen molar-refractivity contribution in [1.82, 2.24) is 5.32 Å². The van der Waals surface area contributed by atoms with Gasteiger partial charge in [-0.1, -0.05) is 12.1 Å². The third kappa shape index (κ3) is 4.23. The van der Waals surface area contributed by atoms with Gasteiger partial charge < -0.3 is 14.8 Å². The van der Waals surface area contributed by atoms with Gasteiger partial charge in [0.15, 0.2) is 6.61 Å². The molecule has 0 aromatic heterocycles. The van der Waals surface area contributed by atoms with Gasteiger partial charge in [0.1, 0.15) is 5.75 Å². The lowest BCUT2D eigenvalue weighted by molar-refractivity contribution is -0.123. The lowest BCUT2D eigenvalue weighted by atomic mass is 10.1. The van der Waals surface area contributed by atoms with Crippen LogP contribution in [0.25, 0.3) is 0 Å². The summed E-state index contributed by atoms with van der Waals surface area (Å²) in [6, 6.07) is 5.87. The van der Waals surface area contributed by atoms with Crippen LogP contribution >= 0.6 is 0 Å². The summed E-state index contributed by atoms with van der Waals surface area (Å²) >= 11 is 0. The van der Waals surface area contributed by atoms with E-state index >= 15 is 0 Å². The van der Waals surface area contributed by atoms with Gasteiger partial charge in [0.2, 0.25) is 0 Å². The van der Waals surface area contributed by atoms with Crippen LogP contribution in [0.3, 0.4) is 0 Å². The fourth-order valence-electron chi connectivity index (χ4n) is 2.30. The molecule has 0 radical (unpaired) electrons. The third-order valence-electron chi connectivity index (χ3n) is 3.81. The maximum absolute atomic E-state index is 11.7. The molecular weight excluding hydrogens is 254 g/mol. The number of carbonyl (C=O) groups excluding carboxylic acids is 1. The van der Waals surface area contributed by atoms with Crippen LogP contribution in [0, 0.1) is 19.8 Å². The summed E-state index contributed by atoms with van der Waals surface area (Å²) in [6.45, 7) is 6.49. The molecule has 1 aromatic carbocycles. The van der Waals surface area contributed by atoms with Crippen LogP contribution in [0.4, 0.5) is 0 Å². The van der Waals surface area contributed by atoms with Gasteiger partial charge in [0.25, 0.3) is 5.91 Å². The molecule has 0 bridgehead atoms. The molecule has 1 atom stereocenters. The van der Waals surface area contributed by atoms with Crippen molar-refractivity contribution in [3.63, 3.8) is 0 Å². The Labute approximate surface area is 120 Å². The van der Waals surface area contributed by atoms with E-state index in [-0.39, 0.29) is 12.5 Å². The molecule has 4 heteroatoms. The summed E-state index contributed by atoms with van der Waals surface area (Å²) in [5, 5.41) is 2.89. The first-order chi connectivity index (χ1) is 9.66. The Morgan fingerprint density at radius 3 is 3.05 bits per heavy atom. The summed E-state index contributed by atoms with van der Waals surface area (Å²) < 4.78 is 10.9. The number of carbonyl (C=O) groups is 1. The number of benzene rings is 1. The Hall–Kier alpha value is -1.55. The van der Waals surface area contributed by atoms with E-state index in [4.69, 9.17) is 9.47 Å². The van der Waals surface area contributed by atoms with E-state index in [2.05, 4.69) is 5.32 Å². The minimum absolute atomic E-state index is 0.0650. The molecule has 1 aromatic rings. The molecule has 4 nitrogen and oxygen atoms in total. The average molecular weight is 277 g/mol. The zero-order chi connectivity index (χ0) is 14.4. The Bertz CT molecular complexity index is 453. The molecule has 0 saturated carbocycles. The number of hydrogen-bond acceptors (Lipinski definition) is 3. The number of nitrogens with one attached hydrogen (secondary N) is 1. The van der Waals surface area contributed by atoms with Crippen LogP contribution in [0.15, 0.2) is 18.2 Å². The molecular formula is C16H23NO3. The molecule has 2 rings (SSSR count). The van der Waals surface area contributed by atoms with Gasteiger partial charge in [0.05, 0.1) is 0 Å². The first kappa shape index (κ1) is 14.9. The molecule has 1 fully saturated rings. The van der Waals surface area contributed by atoms with E-state index in [0.29, 0.717) is 12.5 Å². The molecule has 1 N–H and O–H groups in total. The highest BCUT2D eigenvalue weighted by atomic mass is 16.5. The molecule has 0 aliphatic carbocycles. The van der Waals surface area contributed by atoms with Crippen LogP contribution < -0.4 is 10.1 Å². The zero-order valence-corrected chi connectivity index (χ0v) is 12.3. The van der Waals surface area contributed by atoms with Gasteiger partial charge in [-0.15, -0.1) is 0 Å². The Morgan fingerprint density at radius 2 is 2.30 bits per heavy atom. The van der Waals surface area contributed by atoms with Crippen molar-refractivity contribution >= 4 is 5.91 Å². The summed E-state index contributed by atoms with van der Waals surface area (Å²) in [4.78, 5) is 11.7. The van der Waals surface area contributed by atoms with Gasteiger partial charge in [-0.3, -0.25) is 4.79 Å². The average Bonchev–Trinajstić information content (AvgIpc) is 2.94. The SMILES string of the molecule is Cc1cccc(OCC(=O)NCC[C@@H]2CCOC2)c1C. The van der Waals surface area contributed by atoms with E-state index in [1.54, 1.807) is 0 Å². The molecule has 1 amide bonds. The van der Waals surface area contributed by atoms with Crippen molar-refractivity contribution in [2.24, 2.45) is 5.92 Å². The topological polar surface area (TPSA) is 47.6 Å². The van der Waals surface area contributed by atoms with Crippen LogP contribution in [0.5, 0.6) is 5.75 Å². The summed E-state index contributed by atoms with van der Waals surface area (Å²) in [5.74, 6) is 1.31. The van der Waals surface area contributed by atoms with E-state index in [0.717, 1.165) is 37.4 Å². The third-order valence-corrected chi connectivity index (χ3v) is 3.81. The van der Waals surface area contributed by atoms with E-state index < -0.39 is 0 Å². The maximum atomic E-state index is 11.7. The second-order valence-electron chi connectivity index (χ2n) is 5.35. The summed E-state index contributed by atoms with van der Waals surface area (Å²) in [5.41, 5.74) is 2.26. The number of amides is 1. The quantitative estimate of drug-likeness (QED) is 0.867. The number of aryl methyl sites for hydroxylation is 1. The summed E-state index contributed by atoms with van der Waals surface area (Å²) in [7, 11) is 0. The minimum Gasteiger partial charge on any atom is -0.483 e. The van der Waals surface area contributed by atoms with E-state index in [9.17, 15) is 4.79 Å². The van der Waals surface area contributed by atoms with Gasteiger partial charge >= 0.3 is 0 Å². The van der Waals surface area contributed by atoms with Crippen molar-refractivity contribution in [3.8, 4) is 5.75 Å². The van der Waals surface area contributed by atoms with Gasteiger partial charge in [-0.25, -0.2) is 0 Å². The van der Waals surface area contributed by atoms with Crippen LogP contribution in [-0.4, -0.2) is 32.3 Å². The predicted octanol–water partition coefficient (Wildman–Crippen LogP) is 2.23. The Kier molecular flexibility index (Phi) is 5.41. The molecule has 1 aliphatic heterocycles. The smallest absolute Gasteiger partial charge is 0.257 e. The Balaban J connectivity index is 1.68. The molecule has 20 heavy (non-hydrogen) atoms. The van der Waals surface area contributed by atoms with E-state index in [1.807, 2.05) is 32.0 Å². The van der Waals surface area contributed by atoms with Crippen LogP contribution in [0.2, 0.25) is 0 Å². The normalized spacial score (nSPS) is 18.0. The van der Waals surface area contributed by atoms with Crippen molar-refractivity contribution in [2.75, 3.05) is 26.4 Å². The van der Waals surface area contributed by atoms with Crippen molar-refractivity contribution in [2.45, 2.75) is 26.7 Å². The van der Waals surface area contributed by atoms with Crippen LogP contribution in [0.1, 0.15) is 24.0 Å². The van der Waals surface area contributed by atoms with Gasteiger partial charge in [0, 0.05) is 19.8 Å². The highest BCUT2D eigenvalue weighted by Crippen LogP contribution is 2.20. The number of rotatable bonds is 6. The monoisotopic (exact) mass is 277 g/mol. The summed E-state index contributed by atoms with van der Waals surface area (Å²) in [6.07, 6.45) is 2.09. The number of hydrogen-bond donors (Lipinski definition) is 1. The first-order valence-corrected chi connectivity index (χ1v) is 7.20. The lowest BCUT2D eigenvalue weighted by Crippen LogP contribution is -2.30. The molecule has 1 aliphatic rings. The lowest BCUT2D eigenvalue weighted by Gasteiger charge is -2.12. The zero-order valence-electron chi connectivity index (χ0n) is 12.3. The van der Waals surface area contributed by atoms with Crippen molar-refractivity contribution in [1.29, 1.82) is 0 Å². The highest BCUT2D eigenvalue weighted by Gasteiger charge is 2.15. The van der Waals surface area contributed by atoms with Crippen molar-refractivity contribution in [3.05, 3.63) is 29.3 Å². The largest absolute Gasteiger partial charge is 0.483 e. The fraction of sp³-hybridized carbons (Fsp3) is 0.562. The maximum Gasteiger partial charge on any atom is 0.257 e. The molecule has 0 unspecified atom stereocenters. The molecule has 110 valence electrons. The number of ether oxygens (including phenoxy) is 2. The fourth-order valence-corrected chi connectivity index (χ4v) is 2.30. The Morgan fingerprint density at radius 1 is 1.45 bits per heavy atom. The first-order valence-electron chi connectivity index (χ1n) is 7.20. The van der Waals surface area contributed by atoms with Gasteiger partial charge in [-0.05, 0) is 49.8 Å². The molecule has 0 spiro atoms. The van der Waals surface area contributed by atoms with E-state index in [1.165, 1.54) is 5.56 Å². The molecule has 1 saturated heterocycles. The van der Waals surface area contributed by atoms with Crippen LogP contribution in [-0.2, 0) is 9.53 Å². The van der Waals surface area contributed by atoms with Crippen molar-refractivity contribution < 1.29 is 14.3 Å². The second-order valence-corrected chi connectivity index (χ2v) is 5.35. The predicted molar refractivity (Wildman–Crippen MR) is 78.0 cm³/mol. The highest BCUT2D eigenvalue weighted by molar-refractivity contribution is 5.77.